The number of benzene rings is 3. The van der Waals surface area contributed by atoms with Crippen molar-refractivity contribution in [1.29, 1.82) is 0 Å². The monoisotopic (exact) mass is 837 g/mol. The van der Waals surface area contributed by atoms with E-state index >= 15 is 8.42 Å². The predicted octanol–water partition coefficient (Wildman–Crippen LogP) is 9.01. The largest absolute Gasteiger partial charge is 0.460 e. The molecule has 2 aliphatic carbocycles. The molecule has 0 spiro atoms. The highest BCUT2D eigenvalue weighted by Crippen LogP contribution is 2.62. The van der Waals surface area contributed by atoms with E-state index in [1.54, 1.807) is 34.8 Å². The van der Waals surface area contributed by atoms with Crippen molar-refractivity contribution in [3.8, 4) is 17.2 Å². The number of para-hydroxylation sites is 1. The van der Waals surface area contributed by atoms with Crippen molar-refractivity contribution < 1.29 is 37.7 Å². The van der Waals surface area contributed by atoms with Crippen molar-refractivity contribution in [3.63, 3.8) is 0 Å². The lowest BCUT2D eigenvalue weighted by atomic mass is 9.55. The number of unbranched alkanes of at least 4 members (excludes halogenated alkanes) is 2. The van der Waals surface area contributed by atoms with Crippen LogP contribution < -0.4 is 9.47 Å². The molecular weight excluding hydrogens is 779 g/mol. The number of nitrogens with zero attached hydrogens (tertiary/aromatic N) is 3. The van der Waals surface area contributed by atoms with Gasteiger partial charge in [0, 0.05) is 49.2 Å². The van der Waals surface area contributed by atoms with Gasteiger partial charge < -0.3 is 29.3 Å². The normalized spacial score (nSPS) is 24.1. The molecule has 0 bridgehead atoms. The van der Waals surface area contributed by atoms with Gasteiger partial charge >= 0.3 is 0 Å². The first-order chi connectivity index (χ1) is 29.1. The van der Waals surface area contributed by atoms with Gasteiger partial charge in [-0.25, -0.2) is 8.42 Å². The van der Waals surface area contributed by atoms with Gasteiger partial charge in [0.1, 0.15) is 29.3 Å². The molecule has 0 radical (unpaired) electrons. The van der Waals surface area contributed by atoms with E-state index in [0.717, 1.165) is 53.5 Å². The van der Waals surface area contributed by atoms with E-state index < -0.39 is 27.8 Å². The van der Waals surface area contributed by atoms with E-state index in [-0.39, 0.29) is 55.4 Å². The third-order valence-electron chi connectivity index (χ3n) is 12.5. The van der Waals surface area contributed by atoms with Crippen LogP contribution in [0.2, 0.25) is 0 Å². The second-order valence-corrected chi connectivity index (χ2v) is 18.1. The average Bonchev–Trinajstić information content (AvgIpc) is 3.25. The van der Waals surface area contributed by atoms with E-state index in [1.807, 2.05) is 49.4 Å². The van der Waals surface area contributed by atoms with Crippen LogP contribution in [0.25, 0.3) is 10.9 Å². The summed E-state index contributed by atoms with van der Waals surface area (Å²) in [6, 6.07) is 19.9. The van der Waals surface area contributed by atoms with Gasteiger partial charge in [0.25, 0.3) is 0 Å². The highest BCUT2D eigenvalue weighted by molar-refractivity contribution is 7.89. The minimum Gasteiger partial charge on any atom is -0.460 e. The molecule has 12 heteroatoms. The van der Waals surface area contributed by atoms with Gasteiger partial charge in [-0.2, -0.15) is 4.31 Å². The standard InChI is InChI=1S/C48H59N3O8S/c1-6-24-51(60(54,55)43-18-12-15-34-16-13-23-49-47(34)43)44-31-41(50-56-5)39-29-35(14-8-10-25-52)38(17-9-11-26-53)45-40-30-37(58-36-20-19-32(3)33(4)28-36)21-22-42(40)59-48(44,46(39)45)57-27-7-2/h7,12-13,15-16,18-23,28-30,35,38,44-46,52-53H,2,6,8-11,14,17,24-27,31H2,1,3-5H3/t35-,38+,44-,45+,46+,48+/m0/s1. The van der Waals surface area contributed by atoms with Crippen LogP contribution in [0, 0.1) is 31.6 Å². The molecule has 6 atom stereocenters. The number of aliphatic hydroxyl groups excluding tert-OH is 2. The topological polar surface area (TPSA) is 140 Å². The van der Waals surface area contributed by atoms with Crippen LogP contribution in [0.3, 0.4) is 0 Å². The minimum atomic E-state index is -4.25. The molecule has 2 N–H and O–H groups in total. The molecule has 3 aromatic carbocycles. The van der Waals surface area contributed by atoms with Gasteiger partial charge in [-0.1, -0.05) is 61.3 Å². The smallest absolute Gasteiger partial charge is 0.245 e. The first-order valence-corrected chi connectivity index (χ1v) is 22.8. The SMILES string of the molecule is C=CCO[C@@]12Oc3ccc(Oc4ccc(C)c(C)c4)cc3[C@H]3[C@H](CCCCO)[C@@H](CCCCO)C=C(C(=NOC)C[C@@H]1N(CCC)S(=O)(=O)c1cccc4cccnc14)[C@H]32. The Hall–Kier alpha value is -4.59. The van der Waals surface area contributed by atoms with Crippen LogP contribution in [-0.4, -0.2) is 78.9 Å². The fraction of sp³-hybridized carbons (Fsp3) is 0.458. The summed E-state index contributed by atoms with van der Waals surface area (Å²) in [6.45, 7) is 10.6. The Bertz CT molecular complexity index is 2320. The fourth-order valence-electron chi connectivity index (χ4n) is 9.79. The van der Waals surface area contributed by atoms with Crippen molar-refractivity contribution in [2.75, 3.05) is 33.5 Å². The Labute approximate surface area is 354 Å². The molecule has 3 aliphatic rings. The molecule has 4 aromatic rings. The summed E-state index contributed by atoms with van der Waals surface area (Å²) >= 11 is 0. The number of pyridine rings is 1. The number of hydrogen-bond acceptors (Lipinski definition) is 10. The minimum absolute atomic E-state index is 0.0243. The lowest BCUT2D eigenvalue weighted by Crippen LogP contribution is -2.70. The average molecular weight is 838 g/mol. The fourth-order valence-corrected chi connectivity index (χ4v) is 11.7. The molecule has 0 unspecified atom stereocenters. The molecule has 60 heavy (non-hydrogen) atoms. The van der Waals surface area contributed by atoms with E-state index in [0.29, 0.717) is 42.0 Å². The number of rotatable bonds is 19. The maximum absolute atomic E-state index is 15.4. The van der Waals surface area contributed by atoms with Crippen LogP contribution in [0.15, 0.2) is 107 Å². The van der Waals surface area contributed by atoms with Crippen LogP contribution in [0.5, 0.6) is 17.2 Å². The Kier molecular flexibility index (Phi) is 13.8. The number of oxime groups is 1. The van der Waals surface area contributed by atoms with Crippen LogP contribution in [-0.2, 0) is 19.6 Å². The molecular formula is C48H59N3O8S. The highest BCUT2D eigenvalue weighted by Gasteiger charge is 2.66. The van der Waals surface area contributed by atoms with Crippen molar-refractivity contribution in [1.82, 2.24) is 9.29 Å². The van der Waals surface area contributed by atoms with E-state index in [2.05, 4.69) is 42.7 Å². The lowest BCUT2D eigenvalue weighted by molar-refractivity contribution is -0.251. The molecule has 7 rings (SSSR count). The molecule has 2 heterocycles. The molecule has 1 saturated carbocycles. The molecule has 1 aliphatic heterocycles. The van der Waals surface area contributed by atoms with E-state index in [9.17, 15) is 10.2 Å². The summed E-state index contributed by atoms with van der Waals surface area (Å²) in [4.78, 5) is 10.2. The van der Waals surface area contributed by atoms with Gasteiger partial charge in [-0.05, 0) is 117 Å². The summed E-state index contributed by atoms with van der Waals surface area (Å²) in [7, 11) is -2.73. The predicted molar refractivity (Wildman–Crippen MR) is 234 cm³/mol. The van der Waals surface area contributed by atoms with Crippen LogP contribution in [0.4, 0.5) is 0 Å². The van der Waals surface area contributed by atoms with E-state index in [4.69, 9.17) is 19.0 Å². The van der Waals surface area contributed by atoms with Crippen LogP contribution >= 0.6 is 0 Å². The number of aliphatic hydroxyl groups is 2. The number of ether oxygens (including phenoxy) is 3. The van der Waals surface area contributed by atoms with Crippen molar-refractivity contribution in [2.24, 2.45) is 22.9 Å². The Balaban J connectivity index is 1.47. The quantitative estimate of drug-likeness (QED) is 0.0538. The summed E-state index contributed by atoms with van der Waals surface area (Å²) in [5.74, 6) is -0.276. The first-order valence-electron chi connectivity index (χ1n) is 21.3. The Morgan fingerprint density at radius 1 is 0.983 bits per heavy atom. The van der Waals surface area contributed by atoms with Gasteiger partial charge in [-0.15, -0.1) is 6.58 Å². The third kappa shape index (κ3) is 8.37. The Morgan fingerprint density at radius 3 is 2.47 bits per heavy atom. The zero-order chi connectivity index (χ0) is 42.4. The second kappa shape index (κ2) is 19.0. The molecule has 1 aromatic heterocycles. The zero-order valence-corrected chi connectivity index (χ0v) is 36.1. The number of hydrogen-bond donors (Lipinski definition) is 2. The highest BCUT2D eigenvalue weighted by atomic mass is 32.2. The van der Waals surface area contributed by atoms with Crippen LogP contribution in [0.1, 0.15) is 80.9 Å². The first kappa shape index (κ1) is 43.5. The third-order valence-corrected chi connectivity index (χ3v) is 14.5. The van der Waals surface area contributed by atoms with Gasteiger partial charge in [-0.3, -0.25) is 4.98 Å². The number of aryl methyl sites for hydroxylation is 2. The zero-order valence-electron chi connectivity index (χ0n) is 35.3. The summed E-state index contributed by atoms with van der Waals surface area (Å²) in [6.07, 6.45) is 10.8. The summed E-state index contributed by atoms with van der Waals surface area (Å²) < 4.78 is 53.3. The van der Waals surface area contributed by atoms with Crippen molar-refractivity contribution in [3.05, 3.63) is 114 Å². The number of allylic oxidation sites excluding steroid dienone is 1. The maximum atomic E-state index is 15.4. The molecule has 0 saturated heterocycles. The van der Waals surface area contributed by atoms with Gasteiger partial charge in [0.15, 0.2) is 0 Å². The number of aromatic nitrogens is 1. The second-order valence-electron chi connectivity index (χ2n) is 16.3. The molecule has 1 fully saturated rings. The molecule has 320 valence electrons. The maximum Gasteiger partial charge on any atom is 0.245 e. The summed E-state index contributed by atoms with van der Waals surface area (Å²) in [5.41, 5.74) is 5.17. The van der Waals surface area contributed by atoms with Crippen molar-refractivity contribution >= 4 is 26.6 Å². The lowest BCUT2D eigenvalue weighted by Gasteiger charge is -2.59. The van der Waals surface area contributed by atoms with Gasteiger partial charge in [0.2, 0.25) is 15.8 Å². The number of fused-ring (bicyclic) bond motifs is 3. The Morgan fingerprint density at radius 2 is 1.73 bits per heavy atom. The van der Waals surface area contributed by atoms with Gasteiger partial charge in [0.05, 0.1) is 29.8 Å². The molecule has 0 amide bonds. The van der Waals surface area contributed by atoms with Crippen molar-refractivity contribution in [2.45, 2.75) is 94.8 Å². The number of sulfonamides is 1. The molecule has 11 nitrogen and oxygen atoms in total. The summed E-state index contributed by atoms with van der Waals surface area (Å²) in [5, 5.41) is 25.2. The van der Waals surface area contributed by atoms with E-state index in [1.165, 1.54) is 12.7 Å².